The molecule has 1 heterocycles. The molecule has 6 nitrogen and oxygen atoms in total. The molecule has 21 heavy (non-hydrogen) atoms. The molecule has 0 spiro atoms. The number of nitrogens with one attached hydrogen (secondary N) is 2. The highest BCUT2D eigenvalue weighted by atomic mass is 15.0. The minimum absolute atomic E-state index is 0.333. The van der Waals surface area contributed by atoms with Crippen LogP contribution in [0.2, 0.25) is 0 Å². The van der Waals surface area contributed by atoms with Gasteiger partial charge in [-0.25, -0.2) is 9.98 Å². The summed E-state index contributed by atoms with van der Waals surface area (Å²) in [6.07, 6.45) is 6.18. The zero-order valence-corrected chi connectivity index (χ0v) is 11.3. The number of benzene rings is 1. The van der Waals surface area contributed by atoms with Crippen molar-refractivity contribution in [2.75, 3.05) is 11.1 Å². The van der Waals surface area contributed by atoms with E-state index in [-0.39, 0.29) is 0 Å². The molecular weight excluding hydrogens is 264 g/mol. The van der Waals surface area contributed by atoms with Gasteiger partial charge in [-0.1, -0.05) is 6.07 Å². The molecule has 0 aliphatic rings. The Labute approximate surface area is 122 Å². The van der Waals surface area contributed by atoms with Crippen LogP contribution in [0, 0.1) is 5.41 Å². The van der Waals surface area contributed by atoms with Crippen molar-refractivity contribution in [2.24, 2.45) is 10.7 Å². The van der Waals surface area contributed by atoms with E-state index in [0.717, 1.165) is 5.82 Å². The van der Waals surface area contributed by atoms with Gasteiger partial charge in [-0.3, -0.25) is 0 Å². The van der Waals surface area contributed by atoms with E-state index < -0.39 is 0 Å². The Morgan fingerprint density at radius 2 is 2.14 bits per heavy atom. The molecule has 2 aromatic rings. The third kappa shape index (κ3) is 4.17. The van der Waals surface area contributed by atoms with Gasteiger partial charge in [-0.15, -0.1) is 0 Å². The van der Waals surface area contributed by atoms with Crippen molar-refractivity contribution in [3.63, 3.8) is 0 Å². The molecule has 0 bridgehead atoms. The normalized spacial score (nSPS) is 11.5. The monoisotopic (exact) mass is 280 g/mol. The summed E-state index contributed by atoms with van der Waals surface area (Å²) in [6.45, 7) is 0. The summed E-state index contributed by atoms with van der Waals surface area (Å²) < 4.78 is 0. The van der Waals surface area contributed by atoms with Crippen molar-refractivity contribution in [1.29, 1.82) is 5.41 Å². The van der Waals surface area contributed by atoms with Crippen molar-refractivity contribution < 1.29 is 0 Å². The highest BCUT2D eigenvalue weighted by molar-refractivity contribution is 5.94. The van der Waals surface area contributed by atoms with E-state index in [1.54, 1.807) is 36.7 Å². The van der Waals surface area contributed by atoms with Crippen molar-refractivity contribution in [1.82, 2.24) is 4.98 Å². The van der Waals surface area contributed by atoms with Crippen LogP contribution in [0.1, 0.15) is 5.56 Å². The minimum Gasteiger partial charge on any atom is -0.398 e. The summed E-state index contributed by atoms with van der Waals surface area (Å²) in [6, 6.07) is 10.7. The van der Waals surface area contributed by atoms with Crippen LogP contribution in [0.15, 0.2) is 59.9 Å². The number of amidine groups is 1. The van der Waals surface area contributed by atoms with Gasteiger partial charge in [-0.2, -0.15) is 0 Å². The molecule has 1 aromatic heterocycles. The fraction of sp³-hybridized carbons (Fsp3) is 0. The third-order valence-corrected chi connectivity index (χ3v) is 2.63. The number of aromatic nitrogens is 1. The summed E-state index contributed by atoms with van der Waals surface area (Å²) in [4.78, 5) is 8.34. The second kappa shape index (κ2) is 6.85. The zero-order chi connectivity index (χ0) is 15.1. The molecule has 0 aliphatic carbocycles. The first-order valence-corrected chi connectivity index (χ1v) is 6.27. The molecule has 0 radical (unpaired) electrons. The number of rotatable bonds is 5. The maximum absolute atomic E-state index is 7.25. The molecule has 0 unspecified atom stereocenters. The van der Waals surface area contributed by atoms with Crippen LogP contribution in [0.4, 0.5) is 17.2 Å². The van der Waals surface area contributed by atoms with E-state index >= 15 is 0 Å². The number of hydrogen-bond donors (Lipinski definition) is 4. The molecule has 0 amide bonds. The summed E-state index contributed by atoms with van der Waals surface area (Å²) in [5.74, 6) is 1.05. The van der Waals surface area contributed by atoms with E-state index in [1.165, 1.54) is 6.21 Å². The maximum Gasteiger partial charge on any atom is 0.129 e. The Bertz CT molecular complexity index is 676. The Kier molecular flexibility index (Phi) is 4.66. The minimum atomic E-state index is 0.333. The second-order valence-corrected chi connectivity index (χ2v) is 4.19. The standard InChI is InChI=1S/C15H16N6/c16-10-11-9-12(4-5-13(11)17)21-14(18)6-8-20-15-3-1-2-7-19-15/h1-10,16H,17H2,(H2,18,21)(H,19,20)/b8-6-,16-10?. The number of pyridine rings is 1. The lowest BCUT2D eigenvalue weighted by atomic mass is 10.2. The van der Waals surface area contributed by atoms with Gasteiger partial charge in [0.1, 0.15) is 11.7 Å². The average Bonchev–Trinajstić information content (AvgIpc) is 2.50. The lowest BCUT2D eigenvalue weighted by molar-refractivity contribution is 1.31. The third-order valence-electron chi connectivity index (χ3n) is 2.63. The fourth-order valence-electron chi connectivity index (χ4n) is 1.60. The largest absolute Gasteiger partial charge is 0.398 e. The molecule has 0 atom stereocenters. The van der Waals surface area contributed by atoms with E-state index in [0.29, 0.717) is 22.8 Å². The summed E-state index contributed by atoms with van der Waals surface area (Å²) >= 11 is 0. The van der Waals surface area contributed by atoms with Gasteiger partial charge in [0.25, 0.3) is 0 Å². The Morgan fingerprint density at radius 3 is 2.86 bits per heavy atom. The topological polar surface area (TPSA) is 113 Å². The number of aliphatic imine (C=N–C) groups is 1. The molecule has 6 heteroatoms. The Hall–Kier alpha value is -3.15. The Morgan fingerprint density at radius 1 is 1.29 bits per heavy atom. The van der Waals surface area contributed by atoms with Crippen LogP contribution in [0.25, 0.3) is 0 Å². The average molecular weight is 280 g/mol. The number of hydrogen-bond acceptors (Lipinski definition) is 5. The van der Waals surface area contributed by atoms with Crippen molar-refractivity contribution >= 4 is 29.2 Å². The van der Waals surface area contributed by atoms with E-state index in [9.17, 15) is 0 Å². The molecule has 106 valence electrons. The quantitative estimate of drug-likeness (QED) is 0.382. The molecule has 0 saturated heterocycles. The van der Waals surface area contributed by atoms with E-state index in [2.05, 4.69) is 15.3 Å². The van der Waals surface area contributed by atoms with Crippen LogP contribution in [0.3, 0.4) is 0 Å². The first-order valence-electron chi connectivity index (χ1n) is 6.27. The van der Waals surface area contributed by atoms with Crippen LogP contribution >= 0.6 is 0 Å². The van der Waals surface area contributed by atoms with Crippen LogP contribution < -0.4 is 16.8 Å². The van der Waals surface area contributed by atoms with Gasteiger partial charge >= 0.3 is 0 Å². The maximum atomic E-state index is 7.25. The molecule has 1 aromatic carbocycles. The second-order valence-electron chi connectivity index (χ2n) is 4.19. The first kappa shape index (κ1) is 14.3. The predicted molar refractivity (Wildman–Crippen MR) is 87.0 cm³/mol. The molecular formula is C15H16N6. The van der Waals surface area contributed by atoms with Gasteiger partial charge in [0.05, 0.1) is 5.69 Å². The number of nitrogens with zero attached hydrogens (tertiary/aromatic N) is 2. The molecule has 2 rings (SSSR count). The van der Waals surface area contributed by atoms with E-state index in [1.807, 2.05) is 18.2 Å². The molecule has 0 fully saturated rings. The zero-order valence-electron chi connectivity index (χ0n) is 11.3. The number of nitrogen functional groups attached to an aromatic ring is 1. The highest BCUT2D eigenvalue weighted by Gasteiger charge is 1.97. The van der Waals surface area contributed by atoms with Crippen LogP contribution in [-0.4, -0.2) is 17.0 Å². The highest BCUT2D eigenvalue weighted by Crippen LogP contribution is 2.18. The van der Waals surface area contributed by atoms with Crippen LogP contribution in [0.5, 0.6) is 0 Å². The van der Waals surface area contributed by atoms with E-state index in [4.69, 9.17) is 16.9 Å². The SMILES string of the molecule is N=Cc1cc(N=C(N)/C=C\Nc2ccccn2)ccc1N. The van der Waals surface area contributed by atoms with Crippen molar-refractivity contribution in [3.05, 3.63) is 60.4 Å². The lowest BCUT2D eigenvalue weighted by Crippen LogP contribution is -2.08. The smallest absolute Gasteiger partial charge is 0.129 e. The lowest BCUT2D eigenvalue weighted by Gasteiger charge is -2.01. The summed E-state index contributed by atoms with van der Waals surface area (Å²) in [5.41, 5.74) is 13.3. The van der Waals surface area contributed by atoms with Gasteiger partial charge in [-0.05, 0) is 36.4 Å². The number of nitrogens with two attached hydrogens (primary N) is 2. The first-order chi connectivity index (χ1) is 10.2. The molecule has 0 saturated carbocycles. The van der Waals surface area contributed by atoms with Crippen molar-refractivity contribution in [2.45, 2.75) is 0 Å². The Balaban J connectivity index is 2.05. The van der Waals surface area contributed by atoms with Gasteiger partial charge in [0, 0.05) is 29.9 Å². The van der Waals surface area contributed by atoms with Crippen LogP contribution in [-0.2, 0) is 0 Å². The summed E-state index contributed by atoms with van der Waals surface area (Å²) in [7, 11) is 0. The van der Waals surface area contributed by atoms with Gasteiger partial charge in [0.15, 0.2) is 0 Å². The molecule has 0 aliphatic heterocycles. The van der Waals surface area contributed by atoms with Gasteiger partial charge < -0.3 is 22.2 Å². The number of anilines is 2. The van der Waals surface area contributed by atoms with Gasteiger partial charge in [0.2, 0.25) is 0 Å². The molecule has 6 N–H and O–H groups in total. The van der Waals surface area contributed by atoms with Crippen molar-refractivity contribution in [3.8, 4) is 0 Å². The fourth-order valence-corrected chi connectivity index (χ4v) is 1.60. The summed E-state index contributed by atoms with van der Waals surface area (Å²) in [5, 5.41) is 10.2. The predicted octanol–water partition coefficient (Wildman–Crippen LogP) is 2.28.